The fraction of sp³-hybridized carbons (Fsp3) is 0.429. The monoisotopic (exact) mass is 354 g/mol. The van der Waals surface area contributed by atoms with Gasteiger partial charge in [-0.25, -0.2) is 9.97 Å². The van der Waals surface area contributed by atoms with Crippen molar-refractivity contribution in [2.45, 2.75) is 33.2 Å². The molecule has 108 valence electrons. The fourth-order valence-corrected chi connectivity index (χ4v) is 3.25. The first-order valence-electron chi connectivity index (χ1n) is 6.55. The molecule has 0 aliphatic heterocycles. The van der Waals surface area contributed by atoms with Gasteiger partial charge in [-0.3, -0.25) is 0 Å². The van der Waals surface area contributed by atoms with Gasteiger partial charge in [0.25, 0.3) is 0 Å². The Balaban J connectivity index is 2.23. The lowest BCUT2D eigenvalue weighted by Crippen LogP contribution is -2.10. The summed E-state index contributed by atoms with van der Waals surface area (Å²) in [5.74, 6) is 2.95. The topological polar surface area (TPSA) is 49.8 Å². The lowest BCUT2D eigenvalue weighted by Gasteiger charge is -2.14. The zero-order chi connectivity index (χ0) is 14.7. The molecule has 2 rings (SSSR count). The molecule has 0 aliphatic carbocycles. The summed E-state index contributed by atoms with van der Waals surface area (Å²) < 4.78 is 1.15. The maximum absolute atomic E-state index is 4.63. The zero-order valence-electron chi connectivity index (χ0n) is 12.1. The third-order valence-electron chi connectivity index (χ3n) is 2.98. The molecule has 20 heavy (non-hydrogen) atoms. The van der Waals surface area contributed by atoms with E-state index in [9.17, 15) is 0 Å². The van der Waals surface area contributed by atoms with Gasteiger partial charge in [-0.2, -0.15) is 0 Å². The van der Waals surface area contributed by atoms with Crippen LogP contribution in [0, 0.1) is 6.92 Å². The van der Waals surface area contributed by atoms with E-state index in [1.54, 1.807) is 11.3 Å². The Morgan fingerprint density at radius 1 is 1.25 bits per heavy atom. The van der Waals surface area contributed by atoms with E-state index in [0.717, 1.165) is 33.4 Å². The van der Waals surface area contributed by atoms with Crippen LogP contribution in [0.1, 0.15) is 36.0 Å². The Morgan fingerprint density at radius 2 is 1.95 bits per heavy atom. The molecular formula is C14H19BrN4S. The van der Waals surface area contributed by atoms with Gasteiger partial charge in [0.15, 0.2) is 0 Å². The SMILES string of the molecule is CNc1nc(C(C)C)nc(NCc2ccc(Br)s2)c1C. The summed E-state index contributed by atoms with van der Waals surface area (Å²) in [6.07, 6.45) is 0. The van der Waals surface area contributed by atoms with Gasteiger partial charge in [-0.1, -0.05) is 13.8 Å². The number of thiophene rings is 1. The predicted molar refractivity (Wildman–Crippen MR) is 89.8 cm³/mol. The Labute approximate surface area is 132 Å². The second kappa shape index (κ2) is 6.54. The number of hydrogen-bond donors (Lipinski definition) is 2. The van der Waals surface area contributed by atoms with Crippen molar-refractivity contribution in [3.63, 3.8) is 0 Å². The molecule has 0 radical (unpaired) electrons. The van der Waals surface area contributed by atoms with Crippen LogP contribution < -0.4 is 10.6 Å². The second-order valence-corrected chi connectivity index (χ2v) is 7.42. The van der Waals surface area contributed by atoms with Crippen molar-refractivity contribution in [2.24, 2.45) is 0 Å². The number of halogens is 1. The Morgan fingerprint density at radius 3 is 2.50 bits per heavy atom. The van der Waals surface area contributed by atoms with Gasteiger partial charge in [0.2, 0.25) is 0 Å². The van der Waals surface area contributed by atoms with Crippen LogP contribution in [0.2, 0.25) is 0 Å². The summed E-state index contributed by atoms with van der Waals surface area (Å²) in [5, 5.41) is 6.55. The quantitative estimate of drug-likeness (QED) is 0.835. The van der Waals surface area contributed by atoms with Gasteiger partial charge in [-0.05, 0) is 35.0 Å². The van der Waals surface area contributed by atoms with Crippen molar-refractivity contribution in [2.75, 3.05) is 17.7 Å². The summed E-state index contributed by atoms with van der Waals surface area (Å²) in [4.78, 5) is 10.4. The van der Waals surface area contributed by atoms with Crippen molar-refractivity contribution in [3.05, 3.63) is 32.2 Å². The molecule has 6 heteroatoms. The molecule has 2 N–H and O–H groups in total. The fourth-order valence-electron chi connectivity index (χ4n) is 1.83. The highest BCUT2D eigenvalue weighted by Crippen LogP contribution is 2.25. The minimum atomic E-state index is 0.305. The van der Waals surface area contributed by atoms with Crippen LogP contribution in [-0.4, -0.2) is 17.0 Å². The summed E-state index contributed by atoms with van der Waals surface area (Å²) in [6.45, 7) is 7.01. The Kier molecular flexibility index (Phi) is 4.99. The van der Waals surface area contributed by atoms with Gasteiger partial charge >= 0.3 is 0 Å². The molecule has 2 aromatic heterocycles. The summed E-state index contributed by atoms with van der Waals surface area (Å²) in [5.41, 5.74) is 1.05. The lowest BCUT2D eigenvalue weighted by molar-refractivity contribution is 0.773. The van der Waals surface area contributed by atoms with Crippen LogP contribution in [0.15, 0.2) is 15.9 Å². The molecule has 0 aliphatic rings. The van der Waals surface area contributed by atoms with Gasteiger partial charge in [0.05, 0.1) is 10.3 Å². The molecule has 0 bridgehead atoms. The highest BCUT2D eigenvalue weighted by atomic mass is 79.9. The molecule has 0 unspecified atom stereocenters. The first kappa shape index (κ1) is 15.3. The summed E-state index contributed by atoms with van der Waals surface area (Å²) in [7, 11) is 1.89. The lowest BCUT2D eigenvalue weighted by atomic mass is 10.2. The molecular weight excluding hydrogens is 336 g/mol. The minimum absolute atomic E-state index is 0.305. The van der Waals surface area contributed by atoms with Crippen LogP contribution in [0.5, 0.6) is 0 Å². The average molecular weight is 355 g/mol. The van der Waals surface area contributed by atoms with Gasteiger partial charge < -0.3 is 10.6 Å². The number of aromatic nitrogens is 2. The van der Waals surface area contributed by atoms with Gasteiger partial charge in [0, 0.05) is 23.4 Å². The van der Waals surface area contributed by atoms with E-state index < -0.39 is 0 Å². The first-order chi connectivity index (χ1) is 9.51. The Bertz CT molecular complexity index is 595. The maximum atomic E-state index is 4.63. The summed E-state index contributed by atoms with van der Waals surface area (Å²) in [6, 6.07) is 4.17. The van der Waals surface area contributed by atoms with Crippen molar-refractivity contribution in [3.8, 4) is 0 Å². The predicted octanol–water partition coefficient (Wildman–Crippen LogP) is 4.39. The van der Waals surface area contributed by atoms with Crippen molar-refractivity contribution < 1.29 is 0 Å². The minimum Gasteiger partial charge on any atom is -0.373 e. The van der Waals surface area contributed by atoms with Crippen LogP contribution in [0.25, 0.3) is 0 Å². The highest BCUT2D eigenvalue weighted by molar-refractivity contribution is 9.11. The van der Waals surface area contributed by atoms with Crippen molar-refractivity contribution >= 4 is 38.9 Å². The van der Waals surface area contributed by atoms with Gasteiger partial charge in [-0.15, -0.1) is 11.3 Å². The second-order valence-electron chi connectivity index (χ2n) is 4.87. The summed E-state index contributed by atoms with van der Waals surface area (Å²) >= 11 is 5.21. The van der Waals surface area contributed by atoms with E-state index in [0.29, 0.717) is 5.92 Å². The van der Waals surface area contributed by atoms with Crippen LogP contribution in [0.3, 0.4) is 0 Å². The third kappa shape index (κ3) is 3.49. The van der Waals surface area contributed by atoms with E-state index >= 15 is 0 Å². The maximum Gasteiger partial charge on any atom is 0.135 e. The number of nitrogens with zero attached hydrogens (tertiary/aromatic N) is 2. The third-order valence-corrected chi connectivity index (χ3v) is 4.60. The largest absolute Gasteiger partial charge is 0.373 e. The molecule has 0 amide bonds. The number of hydrogen-bond acceptors (Lipinski definition) is 5. The van der Waals surface area contributed by atoms with E-state index in [4.69, 9.17) is 0 Å². The average Bonchev–Trinajstić information content (AvgIpc) is 2.83. The van der Waals surface area contributed by atoms with Crippen LogP contribution in [0.4, 0.5) is 11.6 Å². The molecule has 0 saturated carbocycles. The number of rotatable bonds is 5. The van der Waals surface area contributed by atoms with E-state index in [1.165, 1.54) is 4.88 Å². The molecule has 2 aromatic rings. The van der Waals surface area contributed by atoms with Crippen LogP contribution in [-0.2, 0) is 6.54 Å². The molecule has 0 atom stereocenters. The molecule has 0 fully saturated rings. The molecule has 4 nitrogen and oxygen atoms in total. The van der Waals surface area contributed by atoms with E-state index in [1.807, 2.05) is 14.0 Å². The molecule has 2 heterocycles. The smallest absolute Gasteiger partial charge is 0.135 e. The number of nitrogens with one attached hydrogen (secondary N) is 2. The van der Waals surface area contributed by atoms with E-state index in [2.05, 4.69) is 62.5 Å². The standard InChI is InChI=1S/C14H19BrN4S/c1-8(2)12-18-13(16-4)9(3)14(19-12)17-7-10-5-6-11(15)20-10/h5-6,8H,7H2,1-4H3,(H2,16,17,18,19). The molecule has 0 spiro atoms. The zero-order valence-corrected chi connectivity index (χ0v) is 14.5. The van der Waals surface area contributed by atoms with Crippen molar-refractivity contribution in [1.29, 1.82) is 0 Å². The number of anilines is 2. The van der Waals surface area contributed by atoms with Crippen molar-refractivity contribution in [1.82, 2.24) is 9.97 Å². The Hall–Kier alpha value is -1.14. The first-order valence-corrected chi connectivity index (χ1v) is 8.16. The molecule has 0 saturated heterocycles. The molecule has 0 aromatic carbocycles. The highest BCUT2D eigenvalue weighted by Gasteiger charge is 2.12. The van der Waals surface area contributed by atoms with Crippen LogP contribution >= 0.6 is 27.3 Å². The van der Waals surface area contributed by atoms with E-state index in [-0.39, 0.29) is 0 Å². The van der Waals surface area contributed by atoms with Gasteiger partial charge in [0.1, 0.15) is 17.5 Å². The normalized spacial score (nSPS) is 10.9.